The minimum Gasteiger partial charge on any atom is -0.508 e. The van der Waals surface area contributed by atoms with Crippen LogP contribution >= 0.6 is 11.9 Å². The van der Waals surface area contributed by atoms with E-state index in [9.17, 15) is 19.9 Å². The standard InChI is InChI=1S/C32H42N2O6S/c1-31-7-6-24-23-3-2-22(35)15-26(23)28(16-25(24)27(31)4-5-29(31)36)33-40-17-30(37)39-9-8-32(41-34-38)20-11-18-10-19(13-20)14-21(32)12-18/h2-3,15,18-21,24-25,27,29,35-36H,4-14,16-17H2,1H3/b33-28+/t18?,19?,20?,21?,24-,25-,27+,29+,31+,32?/m1/s1. The molecule has 6 fully saturated rings. The molecule has 0 spiro atoms. The number of aliphatic hydroxyl groups is 1. The Hall–Kier alpha value is -2.13. The van der Waals surface area contributed by atoms with Crippen molar-refractivity contribution < 1.29 is 24.6 Å². The van der Waals surface area contributed by atoms with E-state index in [4.69, 9.17) is 9.57 Å². The second-order valence-corrected chi connectivity index (χ2v) is 15.3. The third-order valence-electron chi connectivity index (χ3n) is 12.4. The van der Waals surface area contributed by atoms with E-state index in [1.54, 1.807) is 12.1 Å². The fourth-order valence-corrected chi connectivity index (χ4v) is 11.6. The summed E-state index contributed by atoms with van der Waals surface area (Å²) in [5.41, 5.74) is 2.74. The van der Waals surface area contributed by atoms with E-state index >= 15 is 0 Å². The molecule has 8 nitrogen and oxygen atoms in total. The second kappa shape index (κ2) is 10.5. The molecule has 9 heteroatoms. The van der Waals surface area contributed by atoms with E-state index in [-0.39, 0.29) is 35.2 Å². The highest BCUT2D eigenvalue weighted by Gasteiger charge is 2.58. The molecule has 2 N–H and O–H groups in total. The lowest BCUT2D eigenvalue weighted by Gasteiger charge is -2.59. The Morgan fingerprint density at radius 2 is 1.85 bits per heavy atom. The van der Waals surface area contributed by atoms with Gasteiger partial charge in [0.2, 0.25) is 6.61 Å². The third-order valence-corrected chi connectivity index (χ3v) is 13.7. The molecule has 6 saturated carbocycles. The first-order valence-electron chi connectivity index (χ1n) is 15.7. The number of carbonyl (C=O) groups excluding carboxylic acids is 1. The molecule has 0 unspecified atom stereocenters. The minimum atomic E-state index is -0.466. The molecule has 7 aliphatic rings. The average molecular weight is 583 g/mol. The molecular formula is C32H42N2O6S. The fourth-order valence-electron chi connectivity index (χ4n) is 10.7. The summed E-state index contributed by atoms with van der Waals surface area (Å²) >= 11 is 1.20. The van der Waals surface area contributed by atoms with E-state index in [0.29, 0.717) is 42.4 Å². The van der Waals surface area contributed by atoms with Gasteiger partial charge in [0.25, 0.3) is 0 Å². The number of ether oxygens (including phenoxy) is 1. The van der Waals surface area contributed by atoms with Crippen molar-refractivity contribution >= 4 is 23.6 Å². The van der Waals surface area contributed by atoms with Crippen molar-refractivity contribution in [3.8, 4) is 5.75 Å². The number of nitroso groups, excluding NO2 is 1. The molecule has 4 bridgehead atoms. The van der Waals surface area contributed by atoms with Gasteiger partial charge in [0.1, 0.15) is 5.75 Å². The van der Waals surface area contributed by atoms with Gasteiger partial charge in [-0.05, 0) is 135 Å². The molecule has 8 rings (SSSR count). The van der Waals surface area contributed by atoms with Crippen LogP contribution in [0.15, 0.2) is 27.9 Å². The van der Waals surface area contributed by atoms with Crippen molar-refractivity contribution in [1.29, 1.82) is 0 Å². The van der Waals surface area contributed by atoms with Crippen molar-refractivity contribution in [2.24, 2.45) is 50.7 Å². The largest absolute Gasteiger partial charge is 0.508 e. The summed E-state index contributed by atoms with van der Waals surface area (Å²) in [7, 11) is 0. The van der Waals surface area contributed by atoms with Crippen molar-refractivity contribution in [3.63, 3.8) is 0 Å². The molecule has 5 atom stereocenters. The summed E-state index contributed by atoms with van der Waals surface area (Å²) in [6, 6.07) is 5.50. The van der Waals surface area contributed by atoms with Gasteiger partial charge >= 0.3 is 5.97 Å². The number of rotatable bonds is 8. The molecule has 222 valence electrons. The number of hydrogen-bond donors (Lipinski definition) is 2. The Morgan fingerprint density at radius 1 is 1.10 bits per heavy atom. The van der Waals surface area contributed by atoms with Gasteiger partial charge in [0.15, 0.2) is 0 Å². The van der Waals surface area contributed by atoms with E-state index in [1.165, 1.54) is 49.6 Å². The van der Waals surface area contributed by atoms with Gasteiger partial charge in [-0.2, -0.15) is 0 Å². The maximum Gasteiger partial charge on any atom is 0.347 e. The quantitative estimate of drug-likeness (QED) is 0.159. The summed E-state index contributed by atoms with van der Waals surface area (Å²) in [5, 5.41) is 25.5. The Labute approximate surface area is 246 Å². The zero-order valence-electron chi connectivity index (χ0n) is 23.9. The lowest BCUT2D eigenvalue weighted by Crippen LogP contribution is -2.56. The van der Waals surface area contributed by atoms with Gasteiger partial charge in [-0.1, -0.05) is 18.1 Å². The Morgan fingerprint density at radius 3 is 2.59 bits per heavy atom. The second-order valence-electron chi connectivity index (χ2n) is 14.2. The van der Waals surface area contributed by atoms with Crippen LogP contribution in [0.2, 0.25) is 0 Å². The lowest BCUT2D eigenvalue weighted by atomic mass is 9.51. The molecule has 0 radical (unpaired) electrons. The van der Waals surface area contributed by atoms with Gasteiger partial charge < -0.3 is 19.8 Å². The maximum atomic E-state index is 12.7. The number of oxime groups is 1. The molecule has 0 saturated heterocycles. The SMILES string of the molecule is C[C@]12CC[C@@H]3c4ccc(O)cc4/C(=N/OCC(=O)OCCC4(SN=O)C5CC6CC(C5)CC4C6)C[C@H]3[C@@H]1CC[C@@H]2O. The van der Waals surface area contributed by atoms with E-state index in [0.717, 1.165) is 48.8 Å². The van der Waals surface area contributed by atoms with Gasteiger partial charge in [0.05, 0.1) is 23.2 Å². The predicted molar refractivity (Wildman–Crippen MR) is 156 cm³/mol. The van der Waals surface area contributed by atoms with Crippen molar-refractivity contribution in [1.82, 2.24) is 0 Å². The summed E-state index contributed by atoms with van der Waals surface area (Å²) in [6.45, 7) is 2.21. The first-order valence-corrected chi connectivity index (χ1v) is 16.4. The number of nitrogens with zero attached hydrogens (tertiary/aromatic N) is 2. The number of phenolic OH excluding ortho intramolecular Hbond substituents is 1. The highest BCUT2D eigenvalue weighted by atomic mass is 32.2. The van der Waals surface area contributed by atoms with Crippen LogP contribution in [0.5, 0.6) is 5.75 Å². The van der Waals surface area contributed by atoms with Crippen molar-refractivity contribution in [3.05, 3.63) is 34.2 Å². The van der Waals surface area contributed by atoms with Gasteiger partial charge in [-0.15, -0.1) is 4.91 Å². The van der Waals surface area contributed by atoms with Gasteiger partial charge in [-0.3, -0.25) is 0 Å². The number of esters is 1. The van der Waals surface area contributed by atoms with Gasteiger partial charge in [-0.25, -0.2) is 4.79 Å². The van der Waals surface area contributed by atoms with Crippen LogP contribution in [0.4, 0.5) is 0 Å². The monoisotopic (exact) mass is 582 g/mol. The number of benzene rings is 1. The molecule has 0 aromatic heterocycles. The molecule has 41 heavy (non-hydrogen) atoms. The van der Waals surface area contributed by atoms with Crippen LogP contribution < -0.4 is 0 Å². The fraction of sp³-hybridized carbons (Fsp3) is 0.750. The number of aliphatic hydroxyl groups excluding tert-OH is 1. The summed E-state index contributed by atoms with van der Waals surface area (Å²) in [6.07, 6.45) is 11.0. The predicted octanol–water partition coefficient (Wildman–Crippen LogP) is 6.33. The number of aromatic hydroxyl groups is 1. The topological polar surface area (TPSA) is 118 Å². The highest BCUT2D eigenvalue weighted by Crippen LogP contribution is 2.64. The van der Waals surface area contributed by atoms with Crippen molar-refractivity contribution in [2.75, 3.05) is 13.2 Å². The molecular weight excluding hydrogens is 540 g/mol. The van der Waals surface area contributed by atoms with Crippen molar-refractivity contribution in [2.45, 2.75) is 94.3 Å². The van der Waals surface area contributed by atoms with E-state index in [1.807, 2.05) is 6.07 Å². The van der Waals surface area contributed by atoms with Crippen LogP contribution in [0.25, 0.3) is 0 Å². The summed E-state index contributed by atoms with van der Waals surface area (Å²) in [4.78, 5) is 29.7. The number of fused-ring (bicyclic) bond motifs is 5. The number of carbonyl (C=O) groups is 1. The number of phenols is 1. The zero-order chi connectivity index (χ0) is 28.4. The van der Waals surface area contributed by atoms with E-state index in [2.05, 4.69) is 16.7 Å². The molecule has 0 heterocycles. The minimum absolute atomic E-state index is 0.0718. The maximum absolute atomic E-state index is 12.7. The summed E-state index contributed by atoms with van der Waals surface area (Å²) in [5.74, 6) is 3.39. The Bertz CT molecular complexity index is 1210. The molecule has 0 aliphatic heterocycles. The Balaban J connectivity index is 1.00. The highest BCUT2D eigenvalue weighted by molar-refractivity contribution is 7.99. The molecule has 1 aromatic rings. The average Bonchev–Trinajstić information content (AvgIpc) is 3.25. The summed E-state index contributed by atoms with van der Waals surface area (Å²) < 4.78 is 8.69. The Kier molecular flexibility index (Phi) is 7.12. The van der Waals surface area contributed by atoms with Crippen LogP contribution in [-0.4, -0.2) is 46.0 Å². The van der Waals surface area contributed by atoms with Crippen LogP contribution in [0, 0.1) is 45.8 Å². The third kappa shape index (κ3) is 4.60. The normalized spacial score (nSPS) is 42.8. The molecule has 0 amide bonds. The van der Waals surface area contributed by atoms with Gasteiger partial charge in [0, 0.05) is 22.1 Å². The first-order chi connectivity index (χ1) is 19.8. The first kappa shape index (κ1) is 27.7. The zero-order valence-corrected chi connectivity index (χ0v) is 24.7. The van der Waals surface area contributed by atoms with Crippen LogP contribution in [0.1, 0.15) is 94.6 Å². The molecule has 1 aromatic carbocycles. The van der Waals surface area contributed by atoms with Crippen LogP contribution in [0.3, 0.4) is 0 Å². The lowest BCUT2D eigenvalue weighted by molar-refractivity contribution is -0.150. The smallest absolute Gasteiger partial charge is 0.347 e. The molecule has 7 aliphatic carbocycles. The van der Waals surface area contributed by atoms with Crippen LogP contribution in [-0.2, 0) is 14.4 Å². The number of hydrogen-bond acceptors (Lipinski definition) is 9. The van der Waals surface area contributed by atoms with E-state index < -0.39 is 5.97 Å².